The minimum Gasteiger partial charge on any atom is -0.369 e. The van der Waals surface area contributed by atoms with E-state index in [0.717, 1.165) is 45.4 Å². The monoisotopic (exact) mass is 381 g/mol. The van der Waals surface area contributed by atoms with E-state index >= 15 is 0 Å². The third-order valence-corrected chi connectivity index (χ3v) is 6.07. The molecule has 4 nitrogen and oxygen atoms in total. The molecule has 1 N–H and O–H groups in total. The molecule has 148 valence electrons. The van der Waals surface area contributed by atoms with Crippen molar-refractivity contribution in [2.75, 3.05) is 38.1 Å². The van der Waals surface area contributed by atoms with Gasteiger partial charge in [0, 0.05) is 43.5 Å². The maximum Gasteiger partial charge on any atom is 0.251 e. The summed E-state index contributed by atoms with van der Waals surface area (Å²) in [6, 6.07) is 11.3. The van der Waals surface area contributed by atoms with Crippen molar-refractivity contribution in [1.82, 2.24) is 10.2 Å². The number of aryl methyl sites for hydroxylation is 2. The van der Waals surface area contributed by atoms with E-state index in [1.165, 1.54) is 22.9 Å². The van der Waals surface area contributed by atoms with E-state index in [9.17, 15) is 9.18 Å². The van der Waals surface area contributed by atoms with Gasteiger partial charge in [0.25, 0.3) is 5.91 Å². The summed E-state index contributed by atoms with van der Waals surface area (Å²) in [6.45, 7) is 5.92. The number of rotatable bonds is 3. The summed E-state index contributed by atoms with van der Waals surface area (Å²) in [4.78, 5) is 17.4. The number of benzene rings is 2. The quantitative estimate of drug-likeness (QED) is 0.887. The number of piperazine rings is 1. The smallest absolute Gasteiger partial charge is 0.251 e. The van der Waals surface area contributed by atoms with Gasteiger partial charge in [-0.2, -0.15) is 0 Å². The van der Waals surface area contributed by atoms with Crippen molar-refractivity contribution < 1.29 is 9.18 Å². The van der Waals surface area contributed by atoms with E-state index < -0.39 is 0 Å². The Hall–Kier alpha value is -2.40. The lowest BCUT2D eigenvalue weighted by Gasteiger charge is -2.37. The summed E-state index contributed by atoms with van der Waals surface area (Å²) in [6.07, 6.45) is 2.71. The van der Waals surface area contributed by atoms with Crippen LogP contribution in [0.4, 0.5) is 10.1 Å². The number of halogens is 1. The van der Waals surface area contributed by atoms with Gasteiger partial charge in [0.05, 0.1) is 0 Å². The number of hydrogen-bond acceptors (Lipinski definition) is 3. The number of hydrogen-bond donors (Lipinski definition) is 1. The molecule has 1 atom stereocenters. The van der Waals surface area contributed by atoms with Gasteiger partial charge in [-0.05, 0) is 68.1 Å². The van der Waals surface area contributed by atoms with Gasteiger partial charge >= 0.3 is 0 Å². The van der Waals surface area contributed by atoms with Crippen LogP contribution >= 0.6 is 0 Å². The van der Waals surface area contributed by atoms with Crippen LogP contribution in [0.3, 0.4) is 0 Å². The Morgan fingerprint density at radius 2 is 1.93 bits per heavy atom. The molecule has 5 heteroatoms. The van der Waals surface area contributed by atoms with Crippen LogP contribution in [0.1, 0.15) is 33.5 Å². The van der Waals surface area contributed by atoms with Crippen molar-refractivity contribution in [2.24, 2.45) is 0 Å². The highest BCUT2D eigenvalue weighted by atomic mass is 19.1. The highest BCUT2D eigenvalue weighted by molar-refractivity contribution is 5.94. The first-order valence-corrected chi connectivity index (χ1v) is 10.1. The third-order valence-electron chi connectivity index (χ3n) is 6.07. The minimum absolute atomic E-state index is 0.0815. The van der Waals surface area contributed by atoms with Crippen LogP contribution in [0.2, 0.25) is 0 Å². The zero-order chi connectivity index (χ0) is 19.7. The molecule has 1 unspecified atom stereocenters. The van der Waals surface area contributed by atoms with Gasteiger partial charge in [-0.25, -0.2) is 4.39 Å². The van der Waals surface area contributed by atoms with Crippen molar-refractivity contribution >= 4 is 11.6 Å². The second-order valence-corrected chi connectivity index (χ2v) is 8.08. The van der Waals surface area contributed by atoms with E-state index in [-0.39, 0.29) is 17.8 Å². The van der Waals surface area contributed by atoms with E-state index in [4.69, 9.17) is 0 Å². The number of likely N-dealkylation sites (N-methyl/N-ethyl adjacent to an activating group) is 1. The van der Waals surface area contributed by atoms with Crippen molar-refractivity contribution in [3.63, 3.8) is 0 Å². The zero-order valence-corrected chi connectivity index (χ0v) is 16.7. The molecule has 4 rings (SSSR count). The predicted octanol–water partition coefficient (Wildman–Crippen LogP) is 3.17. The van der Waals surface area contributed by atoms with Crippen molar-refractivity contribution in [2.45, 2.75) is 32.2 Å². The molecule has 1 aliphatic carbocycles. The van der Waals surface area contributed by atoms with E-state index in [0.29, 0.717) is 11.1 Å². The van der Waals surface area contributed by atoms with Gasteiger partial charge in [0.1, 0.15) is 5.82 Å². The molecule has 2 aromatic rings. The van der Waals surface area contributed by atoms with Gasteiger partial charge < -0.3 is 15.1 Å². The molecule has 0 aromatic heterocycles. The molecule has 28 heavy (non-hydrogen) atoms. The topological polar surface area (TPSA) is 35.6 Å². The Morgan fingerprint density at radius 3 is 2.68 bits per heavy atom. The summed E-state index contributed by atoms with van der Waals surface area (Å²) in [5.41, 5.74) is 5.01. The standard InChI is InChI=1S/C23H28FN3O/c1-16-6-7-18(14-21(16)24)23(28)25-19-9-8-17-4-3-5-22(20(17)15-19)27-12-10-26(2)11-13-27/h3-7,14,19H,8-13,15H2,1-2H3,(H,25,28). The molecular weight excluding hydrogens is 353 g/mol. The summed E-state index contributed by atoms with van der Waals surface area (Å²) in [7, 11) is 2.16. The molecule has 0 bridgehead atoms. The lowest BCUT2D eigenvalue weighted by atomic mass is 9.86. The van der Waals surface area contributed by atoms with Gasteiger partial charge in [-0.15, -0.1) is 0 Å². The number of anilines is 1. The number of nitrogens with zero attached hydrogens (tertiary/aromatic N) is 2. The molecule has 2 aliphatic rings. The van der Waals surface area contributed by atoms with Crippen molar-refractivity contribution in [3.8, 4) is 0 Å². The molecule has 1 amide bonds. The first-order chi connectivity index (χ1) is 13.5. The first kappa shape index (κ1) is 18.9. The van der Waals surface area contributed by atoms with E-state index in [1.807, 2.05) is 0 Å². The van der Waals surface area contributed by atoms with Gasteiger partial charge in [0.15, 0.2) is 0 Å². The predicted molar refractivity (Wildman–Crippen MR) is 111 cm³/mol. The maximum atomic E-state index is 13.8. The largest absolute Gasteiger partial charge is 0.369 e. The van der Waals surface area contributed by atoms with Crippen molar-refractivity contribution in [1.29, 1.82) is 0 Å². The molecule has 1 fully saturated rings. The fraction of sp³-hybridized carbons (Fsp3) is 0.435. The lowest BCUT2D eigenvalue weighted by Crippen LogP contribution is -2.45. The zero-order valence-electron chi connectivity index (χ0n) is 16.7. The number of fused-ring (bicyclic) bond motifs is 1. The number of nitrogens with one attached hydrogen (secondary N) is 1. The first-order valence-electron chi connectivity index (χ1n) is 10.1. The van der Waals surface area contributed by atoms with Crippen LogP contribution in [0.15, 0.2) is 36.4 Å². The molecule has 0 spiro atoms. The minimum atomic E-state index is -0.334. The van der Waals surface area contributed by atoms with Gasteiger partial charge in [0.2, 0.25) is 0 Å². The number of carbonyl (C=O) groups excluding carboxylic acids is 1. The fourth-order valence-corrected chi connectivity index (χ4v) is 4.24. The SMILES string of the molecule is Cc1ccc(C(=O)NC2CCc3cccc(N4CCN(C)CC4)c3C2)cc1F. The average Bonchev–Trinajstić information content (AvgIpc) is 2.70. The van der Waals surface area contributed by atoms with E-state index in [2.05, 4.69) is 40.4 Å². The summed E-state index contributed by atoms with van der Waals surface area (Å²) in [5, 5.41) is 3.13. The second kappa shape index (κ2) is 7.92. The van der Waals surface area contributed by atoms with Crippen LogP contribution in [0, 0.1) is 12.7 Å². The van der Waals surface area contributed by atoms with E-state index in [1.54, 1.807) is 19.1 Å². The molecule has 1 heterocycles. The normalized spacial score (nSPS) is 20.0. The lowest BCUT2D eigenvalue weighted by molar-refractivity contribution is 0.0933. The molecule has 2 aromatic carbocycles. The Morgan fingerprint density at radius 1 is 1.14 bits per heavy atom. The number of amides is 1. The Bertz CT molecular complexity index is 874. The Labute approximate surface area is 166 Å². The Balaban J connectivity index is 1.49. The Kier molecular flexibility index (Phi) is 5.36. The highest BCUT2D eigenvalue weighted by Crippen LogP contribution is 2.31. The molecule has 1 saturated heterocycles. The van der Waals surface area contributed by atoms with Crippen LogP contribution < -0.4 is 10.2 Å². The summed E-state index contributed by atoms with van der Waals surface area (Å²) < 4.78 is 13.8. The molecule has 0 saturated carbocycles. The second-order valence-electron chi connectivity index (χ2n) is 8.08. The molecular formula is C23H28FN3O. The van der Waals surface area contributed by atoms with Crippen LogP contribution in [0.5, 0.6) is 0 Å². The van der Waals surface area contributed by atoms with Crippen LogP contribution in [-0.4, -0.2) is 50.1 Å². The van der Waals surface area contributed by atoms with Gasteiger partial charge in [-0.1, -0.05) is 18.2 Å². The molecule has 0 radical (unpaired) electrons. The maximum absolute atomic E-state index is 13.8. The third kappa shape index (κ3) is 3.90. The number of carbonyl (C=O) groups is 1. The summed E-state index contributed by atoms with van der Waals surface area (Å²) in [5.74, 6) is -0.525. The fourth-order valence-electron chi connectivity index (χ4n) is 4.24. The van der Waals surface area contributed by atoms with Gasteiger partial charge in [-0.3, -0.25) is 4.79 Å². The molecule has 1 aliphatic heterocycles. The summed E-state index contributed by atoms with van der Waals surface area (Å²) >= 11 is 0. The van der Waals surface area contributed by atoms with Crippen LogP contribution in [0.25, 0.3) is 0 Å². The van der Waals surface area contributed by atoms with Crippen molar-refractivity contribution in [3.05, 3.63) is 64.5 Å². The average molecular weight is 381 g/mol. The highest BCUT2D eigenvalue weighted by Gasteiger charge is 2.25. The van der Waals surface area contributed by atoms with Crippen LogP contribution in [-0.2, 0) is 12.8 Å².